The molecule has 1 atom stereocenters. The zero-order chi connectivity index (χ0) is 13.9. The van der Waals surface area contributed by atoms with Crippen molar-refractivity contribution >= 4 is 16.9 Å². The molecule has 1 heterocycles. The number of nitrogens with zero attached hydrogens (tertiary/aromatic N) is 2. The Kier molecular flexibility index (Phi) is 3.86. The molecule has 1 N–H and O–H groups in total. The van der Waals surface area contributed by atoms with Crippen LogP contribution < -0.4 is 5.32 Å². The van der Waals surface area contributed by atoms with E-state index >= 15 is 0 Å². The molecule has 0 aliphatic heterocycles. The highest BCUT2D eigenvalue weighted by molar-refractivity contribution is 5.76. The van der Waals surface area contributed by atoms with E-state index in [0.717, 1.165) is 28.5 Å². The van der Waals surface area contributed by atoms with Crippen LogP contribution in [0.25, 0.3) is 11.0 Å². The SMILES string of the molecule is Cc1nc2ccccc2nc1NC(C)C1CCCCC1. The van der Waals surface area contributed by atoms with Crippen LogP contribution in [0.1, 0.15) is 44.7 Å². The Morgan fingerprint density at radius 2 is 1.70 bits per heavy atom. The summed E-state index contributed by atoms with van der Waals surface area (Å²) in [4.78, 5) is 9.38. The highest BCUT2D eigenvalue weighted by Crippen LogP contribution is 2.28. The molecule has 1 fully saturated rings. The lowest BCUT2D eigenvalue weighted by molar-refractivity contribution is 0.328. The molecule has 0 saturated heterocycles. The number of rotatable bonds is 3. The van der Waals surface area contributed by atoms with E-state index in [1.54, 1.807) is 0 Å². The van der Waals surface area contributed by atoms with Crippen molar-refractivity contribution in [3.8, 4) is 0 Å². The Bertz CT molecular complexity index is 588. The van der Waals surface area contributed by atoms with Crippen molar-refractivity contribution in [1.29, 1.82) is 0 Å². The Morgan fingerprint density at radius 1 is 1.05 bits per heavy atom. The van der Waals surface area contributed by atoms with Gasteiger partial charge in [0.2, 0.25) is 0 Å². The lowest BCUT2D eigenvalue weighted by Crippen LogP contribution is -2.28. The molecule has 1 aromatic heterocycles. The standard InChI is InChI=1S/C17H23N3/c1-12(14-8-4-3-5-9-14)19-17-13(2)18-15-10-6-7-11-16(15)20-17/h6-7,10-12,14H,3-5,8-9H2,1-2H3,(H,19,20). The van der Waals surface area contributed by atoms with Crippen molar-refractivity contribution in [2.24, 2.45) is 5.92 Å². The minimum Gasteiger partial charge on any atom is -0.366 e. The van der Waals surface area contributed by atoms with Gasteiger partial charge in [0.1, 0.15) is 5.82 Å². The van der Waals surface area contributed by atoms with Gasteiger partial charge in [-0.3, -0.25) is 0 Å². The highest BCUT2D eigenvalue weighted by atomic mass is 15.0. The number of para-hydroxylation sites is 2. The fraction of sp³-hybridized carbons (Fsp3) is 0.529. The summed E-state index contributed by atoms with van der Waals surface area (Å²) in [7, 11) is 0. The van der Waals surface area contributed by atoms with E-state index in [2.05, 4.69) is 17.2 Å². The quantitative estimate of drug-likeness (QED) is 0.901. The average Bonchev–Trinajstić information content (AvgIpc) is 2.49. The van der Waals surface area contributed by atoms with E-state index in [1.165, 1.54) is 32.1 Å². The highest BCUT2D eigenvalue weighted by Gasteiger charge is 2.20. The molecule has 1 saturated carbocycles. The molecule has 3 rings (SSSR count). The average molecular weight is 269 g/mol. The minimum atomic E-state index is 0.476. The van der Waals surface area contributed by atoms with Crippen molar-refractivity contribution < 1.29 is 0 Å². The van der Waals surface area contributed by atoms with Crippen LogP contribution in [0.4, 0.5) is 5.82 Å². The summed E-state index contributed by atoms with van der Waals surface area (Å²) >= 11 is 0. The lowest BCUT2D eigenvalue weighted by Gasteiger charge is -2.29. The molecule has 3 nitrogen and oxygen atoms in total. The van der Waals surface area contributed by atoms with Crippen LogP contribution in [-0.2, 0) is 0 Å². The molecule has 106 valence electrons. The van der Waals surface area contributed by atoms with Crippen LogP contribution in [-0.4, -0.2) is 16.0 Å². The molecule has 0 spiro atoms. The molecule has 0 radical (unpaired) electrons. The second-order valence-corrected chi connectivity index (χ2v) is 5.98. The van der Waals surface area contributed by atoms with Gasteiger partial charge < -0.3 is 5.32 Å². The number of benzene rings is 1. The molecule has 20 heavy (non-hydrogen) atoms. The zero-order valence-electron chi connectivity index (χ0n) is 12.4. The van der Waals surface area contributed by atoms with Crippen LogP contribution in [0.5, 0.6) is 0 Å². The first kappa shape index (κ1) is 13.3. The van der Waals surface area contributed by atoms with Gasteiger partial charge in [-0.25, -0.2) is 9.97 Å². The topological polar surface area (TPSA) is 37.8 Å². The number of fused-ring (bicyclic) bond motifs is 1. The number of aromatic nitrogens is 2. The van der Waals surface area contributed by atoms with Crippen molar-refractivity contribution in [3.05, 3.63) is 30.0 Å². The van der Waals surface area contributed by atoms with Crippen LogP contribution in [0.15, 0.2) is 24.3 Å². The fourth-order valence-electron chi connectivity index (χ4n) is 3.19. The van der Waals surface area contributed by atoms with Crippen LogP contribution in [0.3, 0.4) is 0 Å². The molecule has 1 aromatic carbocycles. The first-order valence-electron chi connectivity index (χ1n) is 7.74. The number of nitrogens with one attached hydrogen (secondary N) is 1. The van der Waals surface area contributed by atoms with Crippen molar-refractivity contribution in [3.63, 3.8) is 0 Å². The first-order chi connectivity index (χ1) is 9.74. The Morgan fingerprint density at radius 3 is 2.40 bits per heavy atom. The second kappa shape index (κ2) is 5.78. The fourth-order valence-corrected chi connectivity index (χ4v) is 3.19. The zero-order valence-corrected chi connectivity index (χ0v) is 12.4. The monoisotopic (exact) mass is 269 g/mol. The summed E-state index contributed by atoms with van der Waals surface area (Å²) in [6.07, 6.45) is 6.83. The molecule has 0 amide bonds. The van der Waals surface area contributed by atoms with Gasteiger partial charge in [0, 0.05) is 6.04 Å². The van der Waals surface area contributed by atoms with Crippen molar-refractivity contribution in [1.82, 2.24) is 9.97 Å². The summed E-state index contributed by atoms with van der Waals surface area (Å²) < 4.78 is 0. The Labute approximate surface area is 120 Å². The lowest BCUT2D eigenvalue weighted by atomic mass is 9.84. The van der Waals surface area contributed by atoms with Crippen LogP contribution in [0, 0.1) is 12.8 Å². The van der Waals surface area contributed by atoms with E-state index < -0.39 is 0 Å². The first-order valence-corrected chi connectivity index (χ1v) is 7.74. The van der Waals surface area contributed by atoms with Gasteiger partial charge in [-0.2, -0.15) is 0 Å². The van der Waals surface area contributed by atoms with Gasteiger partial charge in [-0.05, 0) is 44.7 Å². The number of hydrogen-bond donors (Lipinski definition) is 1. The maximum absolute atomic E-state index is 4.74. The molecule has 1 aliphatic rings. The summed E-state index contributed by atoms with van der Waals surface area (Å²) in [5.41, 5.74) is 2.93. The van der Waals surface area contributed by atoms with E-state index in [1.807, 2.05) is 31.2 Å². The Hall–Kier alpha value is -1.64. The van der Waals surface area contributed by atoms with Crippen molar-refractivity contribution in [2.45, 2.75) is 52.0 Å². The molecule has 2 aromatic rings. The minimum absolute atomic E-state index is 0.476. The van der Waals surface area contributed by atoms with E-state index in [9.17, 15) is 0 Å². The predicted molar refractivity (Wildman–Crippen MR) is 83.9 cm³/mol. The molecule has 3 heteroatoms. The van der Waals surface area contributed by atoms with Crippen LogP contribution >= 0.6 is 0 Å². The molecular weight excluding hydrogens is 246 g/mol. The number of anilines is 1. The maximum atomic E-state index is 4.74. The Balaban J connectivity index is 1.80. The van der Waals surface area contributed by atoms with Crippen LogP contribution in [0.2, 0.25) is 0 Å². The smallest absolute Gasteiger partial charge is 0.148 e. The number of aryl methyl sites for hydroxylation is 1. The van der Waals surface area contributed by atoms with E-state index in [-0.39, 0.29) is 0 Å². The molecule has 1 aliphatic carbocycles. The molecule has 0 bridgehead atoms. The maximum Gasteiger partial charge on any atom is 0.148 e. The summed E-state index contributed by atoms with van der Waals surface area (Å²) in [6, 6.07) is 8.54. The molecule has 1 unspecified atom stereocenters. The van der Waals surface area contributed by atoms with E-state index in [0.29, 0.717) is 6.04 Å². The van der Waals surface area contributed by atoms with Gasteiger partial charge in [0.15, 0.2) is 0 Å². The van der Waals surface area contributed by atoms with E-state index in [4.69, 9.17) is 4.98 Å². The van der Waals surface area contributed by atoms with Crippen molar-refractivity contribution in [2.75, 3.05) is 5.32 Å². The van der Waals surface area contributed by atoms with Gasteiger partial charge in [-0.1, -0.05) is 31.4 Å². The predicted octanol–water partition coefficient (Wildman–Crippen LogP) is 4.32. The third-order valence-corrected chi connectivity index (χ3v) is 4.47. The largest absolute Gasteiger partial charge is 0.366 e. The second-order valence-electron chi connectivity index (χ2n) is 5.98. The summed E-state index contributed by atoms with van der Waals surface area (Å²) in [5, 5.41) is 3.60. The van der Waals surface area contributed by atoms with Gasteiger partial charge in [0.25, 0.3) is 0 Å². The van der Waals surface area contributed by atoms with Gasteiger partial charge in [0.05, 0.1) is 16.7 Å². The van der Waals surface area contributed by atoms with Gasteiger partial charge >= 0.3 is 0 Å². The van der Waals surface area contributed by atoms with Gasteiger partial charge in [-0.15, -0.1) is 0 Å². The number of hydrogen-bond acceptors (Lipinski definition) is 3. The normalized spacial score (nSPS) is 18.1. The third-order valence-electron chi connectivity index (χ3n) is 4.47. The summed E-state index contributed by atoms with van der Waals surface area (Å²) in [5.74, 6) is 1.72. The molecular formula is C17H23N3. The third kappa shape index (κ3) is 2.77. The summed E-state index contributed by atoms with van der Waals surface area (Å²) in [6.45, 7) is 4.32.